The highest BCUT2D eigenvalue weighted by molar-refractivity contribution is 5.89. The van der Waals surface area contributed by atoms with Crippen LogP contribution in [0.25, 0.3) is 22.4 Å². The summed E-state index contributed by atoms with van der Waals surface area (Å²) in [5.74, 6) is 1.84. The first-order valence-corrected chi connectivity index (χ1v) is 9.59. The first-order valence-electron chi connectivity index (χ1n) is 9.59. The molecule has 2 aromatic heterocycles. The summed E-state index contributed by atoms with van der Waals surface area (Å²) in [6.45, 7) is 2.05. The van der Waals surface area contributed by atoms with Gasteiger partial charge in [0.1, 0.15) is 5.52 Å². The fourth-order valence-electron chi connectivity index (χ4n) is 3.93. The molecule has 27 heavy (non-hydrogen) atoms. The average Bonchev–Trinajstić information content (AvgIpc) is 3.08. The Bertz CT molecular complexity index is 937. The lowest BCUT2D eigenvalue weighted by Gasteiger charge is -2.36. The lowest BCUT2D eigenvalue weighted by atomic mass is 10.0. The van der Waals surface area contributed by atoms with Gasteiger partial charge in [-0.3, -0.25) is 0 Å². The molecule has 1 aromatic carbocycles. The minimum Gasteiger partial charge on any atom is -0.388 e. The van der Waals surface area contributed by atoms with Crippen molar-refractivity contribution in [3.05, 3.63) is 36.5 Å². The molecule has 3 aromatic rings. The molecule has 3 heterocycles. The van der Waals surface area contributed by atoms with Gasteiger partial charge in [0.15, 0.2) is 11.6 Å². The van der Waals surface area contributed by atoms with Crippen molar-refractivity contribution in [1.29, 1.82) is 0 Å². The van der Waals surface area contributed by atoms with Crippen molar-refractivity contribution in [2.24, 2.45) is 7.05 Å². The van der Waals surface area contributed by atoms with Crippen molar-refractivity contribution in [2.75, 3.05) is 44.4 Å². The van der Waals surface area contributed by atoms with Crippen molar-refractivity contribution in [1.82, 2.24) is 19.4 Å². The highest BCUT2D eigenvalue weighted by atomic mass is 15.2. The van der Waals surface area contributed by atoms with Gasteiger partial charge < -0.3 is 19.7 Å². The summed E-state index contributed by atoms with van der Waals surface area (Å²) in [6, 6.07) is 11.0. The molecule has 0 spiro atoms. The zero-order valence-corrected chi connectivity index (χ0v) is 16.6. The van der Waals surface area contributed by atoms with Crippen LogP contribution in [0, 0.1) is 0 Å². The molecule has 1 N–H and O–H groups in total. The normalized spacial score (nSPS) is 15.7. The second kappa shape index (κ2) is 7.19. The predicted octanol–water partition coefficient (Wildman–Crippen LogP) is 3.21. The largest absolute Gasteiger partial charge is 0.388 e. The van der Waals surface area contributed by atoms with Gasteiger partial charge in [-0.1, -0.05) is 12.1 Å². The van der Waals surface area contributed by atoms with E-state index in [1.165, 1.54) is 0 Å². The Labute approximate surface area is 160 Å². The van der Waals surface area contributed by atoms with E-state index < -0.39 is 0 Å². The Morgan fingerprint density at radius 2 is 1.89 bits per heavy atom. The number of hydrogen-bond donors (Lipinski definition) is 1. The molecule has 6 nitrogen and oxygen atoms in total. The van der Waals surface area contributed by atoms with E-state index in [-0.39, 0.29) is 0 Å². The van der Waals surface area contributed by atoms with Crippen LogP contribution < -0.4 is 10.2 Å². The van der Waals surface area contributed by atoms with Gasteiger partial charge in [-0.15, -0.1) is 0 Å². The van der Waals surface area contributed by atoms with E-state index in [2.05, 4.69) is 71.3 Å². The molecular formula is C21H28N6. The predicted molar refractivity (Wildman–Crippen MR) is 112 cm³/mol. The summed E-state index contributed by atoms with van der Waals surface area (Å²) in [5.41, 5.74) is 4.23. The number of aryl methyl sites for hydroxylation is 1. The SMILES string of the molecule is CNc1cccc(-c2nc(N3CCC(N(C)C)CC3)c3c(ccn3C)n2)c1. The topological polar surface area (TPSA) is 49.2 Å². The molecule has 1 fully saturated rings. The molecule has 4 rings (SSSR count). The van der Waals surface area contributed by atoms with Gasteiger partial charge in [-0.05, 0) is 45.1 Å². The van der Waals surface area contributed by atoms with Gasteiger partial charge in [-0.2, -0.15) is 0 Å². The number of piperidine rings is 1. The number of rotatable bonds is 4. The highest BCUT2D eigenvalue weighted by Gasteiger charge is 2.24. The lowest BCUT2D eigenvalue weighted by molar-refractivity contribution is 0.249. The number of nitrogens with zero attached hydrogens (tertiary/aromatic N) is 5. The van der Waals surface area contributed by atoms with Gasteiger partial charge in [0, 0.05) is 50.7 Å². The molecule has 0 amide bonds. The summed E-state index contributed by atoms with van der Waals surface area (Å²) in [5, 5.41) is 3.20. The van der Waals surface area contributed by atoms with Crippen LogP contribution in [0.3, 0.4) is 0 Å². The number of hydrogen-bond acceptors (Lipinski definition) is 5. The molecule has 0 bridgehead atoms. The van der Waals surface area contributed by atoms with E-state index in [0.29, 0.717) is 6.04 Å². The quantitative estimate of drug-likeness (QED) is 0.770. The number of nitrogens with one attached hydrogen (secondary N) is 1. The Balaban J connectivity index is 1.76. The van der Waals surface area contributed by atoms with Gasteiger partial charge in [0.25, 0.3) is 0 Å². The van der Waals surface area contributed by atoms with Crippen LogP contribution >= 0.6 is 0 Å². The van der Waals surface area contributed by atoms with Crippen molar-refractivity contribution >= 4 is 22.5 Å². The van der Waals surface area contributed by atoms with Crippen LogP contribution in [-0.4, -0.2) is 59.7 Å². The van der Waals surface area contributed by atoms with Crippen molar-refractivity contribution < 1.29 is 0 Å². The van der Waals surface area contributed by atoms with Crippen LogP contribution in [0.5, 0.6) is 0 Å². The van der Waals surface area contributed by atoms with Crippen molar-refractivity contribution in [3.63, 3.8) is 0 Å². The molecular weight excluding hydrogens is 336 g/mol. The van der Waals surface area contributed by atoms with E-state index in [4.69, 9.17) is 9.97 Å². The van der Waals surface area contributed by atoms with Crippen LogP contribution in [-0.2, 0) is 7.05 Å². The fourth-order valence-corrected chi connectivity index (χ4v) is 3.93. The summed E-state index contributed by atoms with van der Waals surface area (Å²) in [7, 11) is 8.35. The number of benzene rings is 1. The first kappa shape index (κ1) is 17.8. The third-order valence-electron chi connectivity index (χ3n) is 5.61. The van der Waals surface area contributed by atoms with Crippen LogP contribution in [0.2, 0.25) is 0 Å². The zero-order valence-electron chi connectivity index (χ0n) is 16.6. The van der Waals surface area contributed by atoms with E-state index in [0.717, 1.165) is 59.9 Å². The second-order valence-corrected chi connectivity index (χ2v) is 7.54. The van der Waals surface area contributed by atoms with E-state index >= 15 is 0 Å². The van der Waals surface area contributed by atoms with Crippen molar-refractivity contribution in [3.8, 4) is 11.4 Å². The third kappa shape index (κ3) is 3.37. The first-order chi connectivity index (χ1) is 13.1. The summed E-state index contributed by atoms with van der Waals surface area (Å²) >= 11 is 0. The van der Waals surface area contributed by atoms with Gasteiger partial charge in [-0.25, -0.2) is 9.97 Å². The van der Waals surface area contributed by atoms with E-state index in [9.17, 15) is 0 Å². The van der Waals surface area contributed by atoms with E-state index in [1.807, 2.05) is 13.1 Å². The summed E-state index contributed by atoms with van der Waals surface area (Å²) in [6.07, 6.45) is 4.39. The minimum atomic E-state index is 0.652. The molecule has 0 aliphatic carbocycles. The molecule has 0 radical (unpaired) electrons. The number of fused-ring (bicyclic) bond motifs is 1. The zero-order chi connectivity index (χ0) is 19.0. The lowest BCUT2D eigenvalue weighted by Crippen LogP contribution is -2.42. The van der Waals surface area contributed by atoms with Gasteiger partial charge in [0.05, 0.1) is 5.52 Å². The Hall–Kier alpha value is -2.60. The van der Waals surface area contributed by atoms with E-state index in [1.54, 1.807) is 0 Å². The second-order valence-electron chi connectivity index (χ2n) is 7.54. The molecule has 0 atom stereocenters. The molecule has 1 aliphatic rings. The van der Waals surface area contributed by atoms with Crippen LogP contribution in [0.15, 0.2) is 36.5 Å². The average molecular weight is 364 g/mol. The monoisotopic (exact) mass is 364 g/mol. The van der Waals surface area contributed by atoms with Gasteiger partial charge in [0.2, 0.25) is 0 Å². The van der Waals surface area contributed by atoms with Crippen LogP contribution in [0.1, 0.15) is 12.8 Å². The maximum atomic E-state index is 5.03. The Morgan fingerprint density at radius 3 is 2.59 bits per heavy atom. The fraction of sp³-hybridized carbons (Fsp3) is 0.429. The van der Waals surface area contributed by atoms with Crippen LogP contribution in [0.4, 0.5) is 11.5 Å². The molecule has 0 unspecified atom stereocenters. The molecule has 1 aliphatic heterocycles. The highest BCUT2D eigenvalue weighted by Crippen LogP contribution is 2.31. The standard InChI is InChI=1S/C21H28N6/c1-22-16-7-5-6-15(14-16)20-23-18-10-11-26(4)19(18)21(24-20)27-12-8-17(9-13-27)25(2)3/h5-7,10-11,14,17,22H,8-9,12-13H2,1-4H3. The number of anilines is 2. The van der Waals surface area contributed by atoms with Crippen molar-refractivity contribution in [2.45, 2.75) is 18.9 Å². The summed E-state index contributed by atoms with van der Waals surface area (Å²) < 4.78 is 2.14. The van der Waals surface area contributed by atoms with Gasteiger partial charge >= 0.3 is 0 Å². The maximum absolute atomic E-state index is 5.03. The summed E-state index contributed by atoms with van der Waals surface area (Å²) in [4.78, 5) is 14.6. The minimum absolute atomic E-state index is 0.652. The molecule has 6 heteroatoms. The third-order valence-corrected chi connectivity index (χ3v) is 5.61. The smallest absolute Gasteiger partial charge is 0.162 e. The molecule has 0 saturated carbocycles. The number of aromatic nitrogens is 3. The molecule has 142 valence electrons. The Kier molecular flexibility index (Phi) is 4.74. The molecule has 1 saturated heterocycles. The maximum Gasteiger partial charge on any atom is 0.162 e. The Morgan fingerprint density at radius 1 is 1.11 bits per heavy atom.